The normalized spacial score (nSPS) is 11.3. The van der Waals surface area contributed by atoms with Crippen molar-refractivity contribution in [1.29, 1.82) is 0 Å². The van der Waals surface area contributed by atoms with Crippen molar-refractivity contribution in [1.82, 2.24) is 9.97 Å². The molecule has 18 heavy (non-hydrogen) atoms. The maximum Gasteiger partial charge on any atom is 0.148 e. The van der Waals surface area contributed by atoms with Crippen LogP contribution in [-0.4, -0.2) is 9.97 Å². The van der Waals surface area contributed by atoms with Crippen LogP contribution in [0.3, 0.4) is 0 Å². The van der Waals surface area contributed by atoms with E-state index in [0.29, 0.717) is 6.54 Å². The number of H-pyrrole nitrogens is 1. The molecule has 2 aromatic heterocycles. The topological polar surface area (TPSA) is 54.7 Å². The Kier molecular flexibility index (Phi) is 2.69. The molecule has 0 unspecified atom stereocenters. The molecule has 0 aliphatic heterocycles. The quantitative estimate of drug-likeness (QED) is 0.739. The van der Waals surface area contributed by atoms with Crippen molar-refractivity contribution < 1.29 is 0 Å². The highest BCUT2D eigenvalue weighted by Crippen LogP contribution is 2.30. The molecule has 0 saturated heterocycles. The average Bonchev–Trinajstić information content (AvgIpc) is 2.92. The van der Waals surface area contributed by atoms with E-state index < -0.39 is 0 Å². The van der Waals surface area contributed by atoms with Gasteiger partial charge in [0.1, 0.15) is 5.82 Å². The first-order valence-electron chi connectivity index (χ1n) is 5.93. The first kappa shape index (κ1) is 11.4. The summed E-state index contributed by atoms with van der Waals surface area (Å²) < 4.78 is 0. The molecule has 3 rings (SSSR count). The molecular weight excluding hydrogens is 242 g/mol. The maximum absolute atomic E-state index is 5.65. The van der Waals surface area contributed by atoms with Crippen LogP contribution in [0.15, 0.2) is 24.3 Å². The summed E-state index contributed by atoms with van der Waals surface area (Å²) in [7, 11) is 0. The fourth-order valence-electron chi connectivity index (χ4n) is 1.99. The van der Waals surface area contributed by atoms with Gasteiger partial charge < -0.3 is 10.7 Å². The van der Waals surface area contributed by atoms with Gasteiger partial charge in [-0.1, -0.05) is 6.07 Å². The Morgan fingerprint density at radius 3 is 2.78 bits per heavy atom. The van der Waals surface area contributed by atoms with E-state index >= 15 is 0 Å². The van der Waals surface area contributed by atoms with Gasteiger partial charge in [-0.2, -0.15) is 0 Å². The monoisotopic (exact) mass is 257 g/mol. The molecule has 0 spiro atoms. The Morgan fingerprint density at radius 1 is 1.28 bits per heavy atom. The van der Waals surface area contributed by atoms with Gasteiger partial charge >= 0.3 is 0 Å². The van der Waals surface area contributed by atoms with Gasteiger partial charge in [-0.3, -0.25) is 0 Å². The molecule has 0 fully saturated rings. The highest BCUT2D eigenvalue weighted by Gasteiger charge is 2.09. The van der Waals surface area contributed by atoms with Crippen molar-refractivity contribution in [2.75, 3.05) is 0 Å². The molecule has 3 N–H and O–H groups in total. The van der Waals surface area contributed by atoms with Gasteiger partial charge in [0.05, 0.1) is 15.9 Å². The zero-order chi connectivity index (χ0) is 12.7. The fraction of sp³-hybridized carbons (Fsp3) is 0.214. The number of thiophene rings is 1. The third kappa shape index (κ3) is 1.83. The summed E-state index contributed by atoms with van der Waals surface area (Å²) >= 11 is 1.77. The molecule has 3 aromatic rings. The van der Waals surface area contributed by atoms with Crippen LogP contribution in [0, 0.1) is 13.8 Å². The summed E-state index contributed by atoms with van der Waals surface area (Å²) in [6.45, 7) is 4.82. The van der Waals surface area contributed by atoms with Crippen molar-refractivity contribution in [3.8, 4) is 10.7 Å². The van der Waals surface area contributed by atoms with Crippen molar-refractivity contribution in [3.63, 3.8) is 0 Å². The Labute approximate surface area is 110 Å². The van der Waals surface area contributed by atoms with Crippen molar-refractivity contribution in [2.45, 2.75) is 20.4 Å². The van der Waals surface area contributed by atoms with Gasteiger partial charge in [0.25, 0.3) is 0 Å². The van der Waals surface area contributed by atoms with Crippen molar-refractivity contribution in [2.24, 2.45) is 5.73 Å². The zero-order valence-corrected chi connectivity index (χ0v) is 11.3. The van der Waals surface area contributed by atoms with Crippen LogP contribution in [0.2, 0.25) is 0 Å². The van der Waals surface area contributed by atoms with Crippen molar-refractivity contribution in [3.05, 3.63) is 40.3 Å². The third-order valence-corrected chi connectivity index (χ3v) is 4.34. The molecule has 4 heteroatoms. The van der Waals surface area contributed by atoms with Crippen LogP contribution in [0.5, 0.6) is 0 Å². The van der Waals surface area contributed by atoms with Gasteiger partial charge in [-0.25, -0.2) is 4.98 Å². The van der Waals surface area contributed by atoms with Crippen LogP contribution in [0.4, 0.5) is 0 Å². The van der Waals surface area contributed by atoms with Gasteiger partial charge in [0.15, 0.2) is 0 Å². The van der Waals surface area contributed by atoms with Crippen LogP contribution < -0.4 is 5.73 Å². The number of imidazole rings is 1. The Morgan fingerprint density at radius 2 is 2.11 bits per heavy atom. The van der Waals surface area contributed by atoms with Crippen LogP contribution in [0.25, 0.3) is 21.7 Å². The van der Waals surface area contributed by atoms with Crippen LogP contribution in [0.1, 0.15) is 16.0 Å². The molecular formula is C14H15N3S. The molecule has 0 radical (unpaired) electrons. The number of aryl methyl sites for hydroxylation is 2. The maximum atomic E-state index is 5.65. The van der Waals surface area contributed by atoms with Gasteiger partial charge in [-0.05, 0) is 43.2 Å². The summed E-state index contributed by atoms with van der Waals surface area (Å²) in [5, 5.41) is 0. The number of hydrogen-bond donors (Lipinski definition) is 2. The smallest absolute Gasteiger partial charge is 0.148 e. The number of aromatic nitrogens is 2. The summed E-state index contributed by atoms with van der Waals surface area (Å²) in [5.74, 6) is 0.945. The molecule has 0 atom stereocenters. The number of nitrogens with one attached hydrogen (secondary N) is 1. The molecule has 0 aliphatic rings. The van der Waals surface area contributed by atoms with E-state index in [2.05, 4.69) is 35.9 Å². The third-order valence-electron chi connectivity index (χ3n) is 3.18. The first-order valence-corrected chi connectivity index (χ1v) is 6.75. The minimum absolute atomic E-state index is 0.557. The van der Waals surface area contributed by atoms with E-state index in [4.69, 9.17) is 5.73 Å². The zero-order valence-electron chi connectivity index (χ0n) is 10.4. The lowest BCUT2D eigenvalue weighted by Gasteiger charge is -1.94. The number of nitrogens with two attached hydrogens (primary N) is 1. The van der Waals surface area contributed by atoms with E-state index in [1.54, 1.807) is 11.3 Å². The molecule has 0 aliphatic carbocycles. The second-order valence-corrected chi connectivity index (χ2v) is 5.75. The van der Waals surface area contributed by atoms with Gasteiger partial charge in [0, 0.05) is 11.4 Å². The van der Waals surface area contributed by atoms with E-state index in [1.165, 1.54) is 15.3 Å². The highest BCUT2D eigenvalue weighted by molar-refractivity contribution is 7.15. The fourth-order valence-corrected chi connectivity index (χ4v) is 2.97. The van der Waals surface area contributed by atoms with E-state index in [9.17, 15) is 0 Å². The Hall–Kier alpha value is -1.65. The lowest BCUT2D eigenvalue weighted by Crippen LogP contribution is -1.95. The summed E-state index contributed by atoms with van der Waals surface area (Å²) in [6.07, 6.45) is 0. The number of fused-ring (bicyclic) bond motifs is 1. The Balaban J connectivity index is 2.12. The molecule has 0 saturated carbocycles. The molecule has 3 nitrogen and oxygen atoms in total. The van der Waals surface area contributed by atoms with Crippen molar-refractivity contribution >= 4 is 22.4 Å². The van der Waals surface area contributed by atoms with Crippen LogP contribution >= 0.6 is 11.3 Å². The molecule has 0 bridgehead atoms. The standard InChI is InChI=1S/C14H15N3S/c1-8-5-13(18-9(8)2)14-16-11-4-3-10(7-15)6-12(11)17-14/h3-6H,7,15H2,1-2H3,(H,16,17). The predicted octanol–water partition coefficient (Wildman–Crippen LogP) is 3.37. The lowest BCUT2D eigenvalue weighted by atomic mass is 10.2. The number of benzene rings is 1. The first-order chi connectivity index (χ1) is 8.67. The summed E-state index contributed by atoms with van der Waals surface area (Å²) in [4.78, 5) is 10.5. The van der Waals surface area contributed by atoms with E-state index in [0.717, 1.165) is 22.4 Å². The minimum atomic E-state index is 0.557. The highest BCUT2D eigenvalue weighted by atomic mass is 32.1. The summed E-state index contributed by atoms with van der Waals surface area (Å²) in [6, 6.07) is 8.30. The second-order valence-electron chi connectivity index (χ2n) is 4.49. The number of hydrogen-bond acceptors (Lipinski definition) is 3. The Bertz CT molecular complexity index is 689. The second kappa shape index (κ2) is 4.23. The minimum Gasteiger partial charge on any atom is -0.337 e. The average molecular weight is 257 g/mol. The van der Waals surface area contributed by atoms with Crippen LogP contribution in [-0.2, 0) is 6.54 Å². The SMILES string of the molecule is Cc1cc(-c2nc3ccc(CN)cc3[nH]2)sc1C. The predicted molar refractivity (Wildman–Crippen MR) is 76.8 cm³/mol. The largest absolute Gasteiger partial charge is 0.337 e. The molecule has 0 amide bonds. The molecule has 92 valence electrons. The number of aromatic amines is 1. The van der Waals surface area contributed by atoms with E-state index in [-0.39, 0.29) is 0 Å². The number of rotatable bonds is 2. The molecule has 1 aromatic carbocycles. The molecule has 2 heterocycles. The van der Waals surface area contributed by atoms with Gasteiger partial charge in [0.2, 0.25) is 0 Å². The number of nitrogens with zero attached hydrogens (tertiary/aromatic N) is 1. The lowest BCUT2D eigenvalue weighted by molar-refractivity contribution is 1.07. The van der Waals surface area contributed by atoms with Gasteiger partial charge in [-0.15, -0.1) is 11.3 Å². The summed E-state index contributed by atoms with van der Waals surface area (Å²) in [5.41, 5.74) is 10.1. The van der Waals surface area contributed by atoms with E-state index in [1.807, 2.05) is 12.1 Å².